The third-order valence-corrected chi connectivity index (χ3v) is 1.55. The molecule has 0 aromatic carbocycles. The molecule has 0 aliphatic heterocycles. The van der Waals surface area contributed by atoms with Gasteiger partial charge in [-0.15, -0.1) is 0 Å². The first kappa shape index (κ1) is 9.48. The van der Waals surface area contributed by atoms with Crippen LogP contribution >= 0.6 is 0 Å². The van der Waals surface area contributed by atoms with Gasteiger partial charge in [-0.05, 0) is 19.8 Å². The molecule has 0 fully saturated rings. The molecule has 0 amide bonds. The third-order valence-electron chi connectivity index (χ3n) is 1.55. The van der Waals surface area contributed by atoms with Gasteiger partial charge in [-0.3, -0.25) is 0 Å². The van der Waals surface area contributed by atoms with Crippen molar-refractivity contribution in [3.05, 3.63) is 23.8 Å². The summed E-state index contributed by atoms with van der Waals surface area (Å²) in [6, 6.07) is 0. The highest BCUT2D eigenvalue weighted by Gasteiger charge is 1.88. The second-order valence-corrected chi connectivity index (χ2v) is 2.45. The van der Waals surface area contributed by atoms with Gasteiger partial charge in [0, 0.05) is 0 Å². The van der Waals surface area contributed by atoms with Crippen molar-refractivity contribution in [2.24, 2.45) is 0 Å². The van der Waals surface area contributed by atoms with Gasteiger partial charge in [0.15, 0.2) is 0 Å². The molecule has 0 saturated carbocycles. The van der Waals surface area contributed by atoms with Crippen LogP contribution in [0.25, 0.3) is 0 Å². The van der Waals surface area contributed by atoms with E-state index in [0.717, 1.165) is 0 Å². The molecule has 0 spiro atoms. The molecule has 0 rings (SSSR count). The SMILES string of the molecule is C/C=C\C=C(\CC)CCC. The van der Waals surface area contributed by atoms with E-state index in [2.05, 4.69) is 39.0 Å². The topological polar surface area (TPSA) is 0 Å². The van der Waals surface area contributed by atoms with E-state index in [1.54, 1.807) is 5.57 Å². The van der Waals surface area contributed by atoms with Crippen molar-refractivity contribution < 1.29 is 0 Å². The van der Waals surface area contributed by atoms with Crippen molar-refractivity contribution in [3.63, 3.8) is 0 Å². The molecule has 0 saturated heterocycles. The van der Waals surface area contributed by atoms with Crippen molar-refractivity contribution in [2.75, 3.05) is 0 Å². The van der Waals surface area contributed by atoms with Crippen LogP contribution in [-0.2, 0) is 0 Å². The second-order valence-electron chi connectivity index (χ2n) is 2.45. The highest BCUT2D eigenvalue weighted by Crippen LogP contribution is 2.08. The molecule has 58 valence electrons. The monoisotopic (exact) mass is 138 g/mol. The predicted octanol–water partition coefficient (Wildman–Crippen LogP) is 3.70. The van der Waals surface area contributed by atoms with Gasteiger partial charge in [-0.25, -0.2) is 0 Å². The first-order chi connectivity index (χ1) is 4.85. The van der Waals surface area contributed by atoms with E-state index in [0.29, 0.717) is 0 Å². The van der Waals surface area contributed by atoms with Gasteiger partial charge >= 0.3 is 0 Å². The second kappa shape index (κ2) is 6.60. The summed E-state index contributed by atoms with van der Waals surface area (Å²) in [5.74, 6) is 0. The fourth-order valence-corrected chi connectivity index (χ4v) is 0.931. The van der Waals surface area contributed by atoms with Crippen LogP contribution in [0.15, 0.2) is 23.8 Å². The van der Waals surface area contributed by atoms with Crippen LogP contribution in [0.3, 0.4) is 0 Å². The van der Waals surface area contributed by atoms with Crippen molar-refractivity contribution in [2.45, 2.75) is 40.0 Å². The fourth-order valence-electron chi connectivity index (χ4n) is 0.931. The fraction of sp³-hybridized carbons (Fsp3) is 0.600. The van der Waals surface area contributed by atoms with Gasteiger partial charge in [0.2, 0.25) is 0 Å². The first-order valence-corrected chi connectivity index (χ1v) is 4.15. The summed E-state index contributed by atoms with van der Waals surface area (Å²) < 4.78 is 0. The van der Waals surface area contributed by atoms with Gasteiger partial charge in [0.25, 0.3) is 0 Å². The highest BCUT2D eigenvalue weighted by atomic mass is 13.9. The van der Waals surface area contributed by atoms with Crippen molar-refractivity contribution >= 4 is 0 Å². The summed E-state index contributed by atoms with van der Waals surface area (Å²) in [5.41, 5.74) is 1.56. The molecule has 0 atom stereocenters. The molecule has 0 aromatic heterocycles. The minimum absolute atomic E-state index is 1.19. The largest absolute Gasteiger partial charge is 0.0877 e. The molecule has 0 aromatic rings. The summed E-state index contributed by atoms with van der Waals surface area (Å²) in [6.45, 7) is 6.49. The molecule has 0 bridgehead atoms. The van der Waals surface area contributed by atoms with E-state index in [1.165, 1.54) is 19.3 Å². The molecule has 0 unspecified atom stereocenters. The molecular formula is C10H18. The lowest BCUT2D eigenvalue weighted by Crippen LogP contribution is -1.77. The molecule has 0 heterocycles. The number of hydrogen-bond acceptors (Lipinski definition) is 0. The number of hydrogen-bond donors (Lipinski definition) is 0. The average Bonchev–Trinajstić information content (AvgIpc) is 1.98. The zero-order chi connectivity index (χ0) is 7.82. The maximum atomic E-state index is 2.23. The molecule has 0 nitrogen and oxygen atoms in total. The van der Waals surface area contributed by atoms with Gasteiger partial charge in [0.05, 0.1) is 0 Å². The molecule has 0 aliphatic carbocycles. The Morgan fingerprint density at radius 1 is 1.30 bits per heavy atom. The lowest BCUT2D eigenvalue weighted by molar-refractivity contribution is 0.859. The quantitative estimate of drug-likeness (QED) is 0.520. The summed E-state index contributed by atoms with van der Waals surface area (Å²) in [5, 5.41) is 0. The summed E-state index contributed by atoms with van der Waals surface area (Å²) in [6.07, 6.45) is 10.1. The molecule has 0 N–H and O–H groups in total. The Morgan fingerprint density at radius 3 is 2.40 bits per heavy atom. The Morgan fingerprint density at radius 2 is 2.00 bits per heavy atom. The normalized spacial score (nSPS) is 12.9. The van der Waals surface area contributed by atoms with Crippen molar-refractivity contribution in [1.29, 1.82) is 0 Å². The smallest absolute Gasteiger partial charge is 0.0320 e. The summed E-state index contributed by atoms with van der Waals surface area (Å²) >= 11 is 0. The van der Waals surface area contributed by atoms with Crippen LogP contribution in [0.4, 0.5) is 0 Å². The Bertz CT molecular complexity index is 118. The zero-order valence-corrected chi connectivity index (χ0v) is 7.35. The van der Waals surface area contributed by atoms with E-state index in [-0.39, 0.29) is 0 Å². The van der Waals surface area contributed by atoms with E-state index < -0.39 is 0 Å². The molecule has 0 aliphatic rings. The van der Waals surface area contributed by atoms with Crippen LogP contribution in [0.5, 0.6) is 0 Å². The number of rotatable bonds is 4. The van der Waals surface area contributed by atoms with Crippen LogP contribution in [0, 0.1) is 0 Å². The Labute approximate surface area is 64.6 Å². The maximum Gasteiger partial charge on any atom is -0.0320 e. The van der Waals surface area contributed by atoms with Gasteiger partial charge in [-0.1, -0.05) is 44.1 Å². The maximum absolute atomic E-state index is 2.23. The molecule has 0 heteroatoms. The average molecular weight is 138 g/mol. The lowest BCUT2D eigenvalue weighted by atomic mass is 10.1. The van der Waals surface area contributed by atoms with Gasteiger partial charge < -0.3 is 0 Å². The summed E-state index contributed by atoms with van der Waals surface area (Å²) in [4.78, 5) is 0. The van der Waals surface area contributed by atoms with Crippen LogP contribution in [0.1, 0.15) is 40.0 Å². The van der Waals surface area contributed by atoms with Crippen LogP contribution < -0.4 is 0 Å². The van der Waals surface area contributed by atoms with Crippen LogP contribution in [0.2, 0.25) is 0 Å². The lowest BCUT2D eigenvalue weighted by Gasteiger charge is -1.98. The molecular weight excluding hydrogens is 120 g/mol. The van der Waals surface area contributed by atoms with E-state index >= 15 is 0 Å². The van der Waals surface area contributed by atoms with E-state index in [9.17, 15) is 0 Å². The molecule has 0 radical (unpaired) electrons. The zero-order valence-electron chi connectivity index (χ0n) is 7.35. The Hall–Kier alpha value is -0.520. The minimum Gasteiger partial charge on any atom is -0.0877 e. The minimum atomic E-state index is 1.19. The standard InChI is InChI=1S/C10H18/c1-4-7-9-10(6-3)8-5-2/h4,7,9H,5-6,8H2,1-3H3/b7-4-,10-9-. The number of allylic oxidation sites excluding steroid dienone is 4. The molecule has 10 heavy (non-hydrogen) atoms. The van der Waals surface area contributed by atoms with E-state index in [4.69, 9.17) is 0 Å². The third kappa shape index (κ3) is 4.37. The first-order valence-electron chi connectivity index (χ1n) is 4.15. The Kier molecular flexibility index (Phi) is 6.25. The van der Waals surface area contributed by atoms with Crippen LogP contribution in [-0.4, -0.2) is 0 Å². The Balaban J connectivity index is 3.78. The van der Waals surface area contributed by atoms with Crippen molar-refractivity contribution in [1.82, 2.24) is 0 Å². The van der Waals surface area contributed by atoms with Crippen molar-refractivity contribution in [3.8, 4) is 0 Å². The predicted molar refractivity (Wildman–Crippen MR) is 48.1 cm³/mol. The van der Waals surface area contributed by atoms with Gasteiger partial charge in [0.1, 0.15) is 0 Å². The van der Waals surface area contributed by atoms with E-state index in [1.807, 2.05) is 0 Å². The highest BCUT2D eigenvalue weighted by molar-refractivity contribution is 5.11. The summed E-state index contributed by atoms with van der Waals surface area (Å²) in [7, 11) is 0. The van der Waals surface area contributed by atoms with Gasteiger partial charge in [-0.2, -0.15) is 0 Å².